The average Bonchev–Trinajstić information content (AvgIpc) is 2.60. The molecule has 0 aliphatic heterocycles. The van der Waals surface area contributed by atoms with E-state index in [1.54, 1.807) is 23.6 Å². The first kappa shape index (κ1) is 14.4. The highest BCUT2D eigenvalue weighted by molar-refractivity contribution is 9.10. The molecule has 17 heavy (non-hydrogen) atoms. The Balaban J connectivity index is 0.000000686. The molecule has 0 saturated carbocycles. The molecule has 0 spiro atoms. The number of pyridine rings is 1. The van der Waals surface area contributed by atoms with E-state index in [0.717, 1.165) is 4.47 Å². The minimum atomic E-state index is -2.43. The molecule has 94 valence electrons. The molecule has 0 bridgehead atoms. The van der Waals surface area contributed by atoms with Gasteiger partial charge >= 0.3 is 0 Å². The number of fused-ring (bicyclic) bond motifs is 1. The van der Waals surface area contributed by atoms with Crippen molar-refractivity contribution >= 4 is 33.3 Å². The second-order valence-electron chi connectivity index (χ2n) is 2.93. The van der Waals surface area contributed by atoms with Crippen LogP contribution in [-0.2, 0) is 0 Å². The van der Waals surface area contributed by atoms with Gasteiger partial charge in [0.05, 0.1) is 10.2 Å². The smallest absolute Gasteiger partial charge is 0.290 e. The van der Waals surface area contributed by atoms with Crippen molar-refractivity contribution in [3.63, 3.8) is 0 Å². The van der Waals surface area contributed by atoms with Crippen LogP contribution in [0.3, 0.4) is 0 Å². The van der Waals surface area contributed by atoms with Crippen LogP contribution in [0.1, 0.15) is 19.5 Å². The molecule has 2 nitrogen and oxygen atoms in total. The highest BCUT2D eigenvalue weighted by Gasteiger charge is 2.15. The highest BCUT2D eigenvalue weighted by atomic mass is 79.9. The quantitative estimate of drug-likeness (QED) is 0.742. The van der Waals surface area contributed by atoms with Gasteiger partial charge in [0.25, 0.3) is 5.76 Å². The molecule has 0 aromatic carbocycles. The summed E-state index contributed by atoms with van der Waals surface area (Å²) in [4.78, 5) is 4.23. The van der Waals surface area contributed by atoms with Crippen LogP contribution in [0.25, 0.3) is 5.65 Å². The van der Waals surface area contributed by atoms with Gasteiger partial charge in [0, 0.05) is 6.20 Å². The number of thioether (sulfide) groups is 1. The van der Waals surface area contributed by atoms with Crippen molar-refractivity contribution in [2.45, 2.75) is 31.6 Å². The molecule has 0 radical (unpaired) electrons. The Bertz CT molecular complexity index is 499. The van der Waals surface area contributed by atoms with Gasteiger partial charge in [-0.15, -0.1) is 0 Å². The van der Waals surface area contributed by atoms with Crippen LogP contribution in [-0.4, -0.2) is 15.1 Å². The van der Waals surface area contributed by atoms with E-state index < -0.39 is 5.76 Å². The maximum absolute atomic E-state index is 12.3. The lowest BCUT2D eigenvalue weighted by atomic mass is 10.5. The predicted molar refractivity (Wildman–Crippen MR) is 70.8 cm³/mol. The van der Waals surface area contributed by atoms with Crippen LogP contribution < -0.4 is 0 Å². The van der Waals surface area contributed by atoms with E-state index in [4.69, 9.17) is 0 Å². The van der Waals surface area contributed by atoms with Gasteiger partial charge in [-0.1, -0.05) is 13.8 Å². The van der Waals surface area contributed by atoms with Gasteiger partial charge in [0.1, 0.15) is 5.03 Å². The second-order valence-corrected chi connectivity index (χ2v) is 4.76. The molecule has 0 unspecified atom stereocenters. The molecule has 2 aromatic rings. The first-order valence-corrected chi connectivity index (χ1v) is 6.85. The Labute approximate surface area is 112 Å². The molecule has 0 saturated heterocycles. The number of imidazole rings is 1. The summed E-state index contributed by atoms with van der Waals surface area (Å²) in [6.07, 6.45) is 1.73. The van der Waals surface area contributed by atoms with Crippen LogP contribution in [0.15, 0.2) is 27.8 Å². The van der Waals surface area contributed by atoms with Gasteiger partial charge < -0.3 is 0 Å². The van der Waals surface area contributed by atoms with Crippen LogP contribution in [0.5, 0.6) is 0 Å². The Kier molecular flexibility index (Phi) is 5.39. The van der Waals surface area contributed by atoms with E-state index in [2.05, 4.69) is 20.9 Å². The van der Waals surface area contributed by atoms with Crippen LogP contribution in [0.2, 0.25) is 0 Å². The summed E-state index contributed by atoms with van der Waals surface area (Å²) in [5, 5.41) is 0.487. The second kappa shape index (κ2) is 6.35. The van der Waals surface area contributed by atoms with Crippen molar-refractivity contribution in [3.05, 3.63) is 28.5 Å². The summed E-state index contributed by atoms with van der Waals surface area (Å²) in [6.45, 7) is 5.73. The van der Waals surface area contributed by atoms with Gasteiger partial charge in [0.15, 0.2) is 5.65 Å². The van der Waals surface area contributed by atoms with Crippen molar-refractivity contribution in [2.24, 2.45) is 0 Å². The van der Waals surface area contributed by atoms with Crippen LogP contribution in [0.4, 0.5) is 8.78 Å². The maximum Gasteiger partial charge on any atom is 0.290 e. The van der Waals surface area contributed by atoms with E-state index in [-0.39, 0.29) is 0 Å². The van der Waals surface area contributed by atoms with Crippen molar-refractivity contribution in [2.75, 3.05) is 0 Å². The summed E-state index contributed by atoms with van der Waals surface area (Å²) in [6, 6.07) is 3.62. The Morgan fingerprint density at radius 1 is 1.41 bits per heavy atom. The van der Waals surface area contributed by atoms with E-state index in [0.29, 0.717) is 28.1 Å². The maximum atomic E-state index is 12.3. The molecule has 2 aromatic heterocycles. The lowest BCUT2D eigenvalue weighted by molar-refractivity contribution is 0.251. The normalized spacial score (nSPS) is 10.5. The van der Waals surface area contributed by atoms with Gasteiger partial charge in [-0.2, -0.15) is 8.78 Å². The summed E-state index contributed by atoms with van der Waals surface area (Å²) in [5.41, 5.74) is 1.28. The summed E-state index contributed by atoms with van der Waals surface area (Å²) in [5.74, 6) is -2.43. The standard InChI is InChI=1S/C9H7BrF2N2S.C2H6/c1-5-8(15-9(11)12)14-4-2-3-6(10)7(14)13-5;1-2/h2-4,9H,1H3;1-2H3. The molecule has 0 atom stereocenters. The number of aryl methyl sites for hydroxylation is 1. The van der Waals surface area contributed by atoms with E-state index in [1.165, 1.54) is 0 Å². The number of hydrogen-bond acceptors (Lipinski definition) is 2. The lowest BCUT2D eigenvalue weighted by Crippen LogP contribution is -1.90. The number of aromatic nitrogens is 2. The lowest BCUT2D eigenvalue weighted by Gasteiger charge is -2.01. The average molecular weight is 323 g/mol. The monoisotopic (exact) mass is 322 g/mol. The minimum absolute atomic E-state index is 0.487. The fourth-order valence-corrected chi connectivity index (χ4v) is 2.43. The third-order valence-corrected chi connectivity index (χ3v) is 3.43. The number of nitrogens with zero attached hydrogens (tertiary/aromatic N) is 2. The molecule has 6 heteroatoms. The first-order valence-electron chi connectivity index (χ1n) is 5.17. The number of alkyl halides is 2. The Morgan fingerprint density at radius 2 is 2.06 bits per heavy atom. The highest BCUT2D eigenvalue weighted by Crippen LogP contribution is 2.30. The van der Waals surface area contributed by atoms with E-state index in [9.17, 15) is 8.78 Å². The molecule has 0 N–H and O–H groups in total. The molecular weight excluding hydrogens is 310 g/mol. The third-order valence-electron chi connectivity index (χ3n) is 1.92. The molecule has 2 heterocycles. The zero-order valence-electron chi connectivity index (χ0n) is 9.75. The summed E-state index contributed by atoms with van der Waals surface area (Å²) < 4.78 is 27.1. The summed E-state index contributed by atoms with van der Waals surface area (Å²) >= 11 is 3.85. The van der Waals surface area contributed by atoms with Crippen LogP contribution >= 0.6 is 27.7 Å². The first-order chi connectivity index (χ1) is 8.09. The van der Waals surface area contributed by atoms with Crippen molar-refractivity contribution in [1.29, 1.82) is 0 Å². The number of halogens is 3. The largest absolute Gasteiger partial charge is 0.293 e. The van der Waals surface area contributed by atoms with Crippen molar-refractivity contribution in [1.82, 2.24) is 9.38 Å². The predicted octanol–water partition coefficient (Wildman–Crippen LogP) is 4.75. The SMILES string of the molecule is CC.Cc1nc2c(Br)cccn2c1SC(F)F. The van der Waals surface area contributed by atoms with Gasteiger partial charge in [0.2, 0.25) is 0 Å². The fraction of sp³-hybridized carbons (Fsp3) is 0.364. The third kappa shape index (κ3) is 3.19. The van der Waals surface area contributed by atoms with E-state index in [1.807, 2.05) is 19.9 Å². The number of hydrogen-bond donors (Lipinski definition) is 0. The van der Waals surface area contributed by atoms with Gasteiger partial charge in [-0.05, 0) is 46.7 Å². The summed E-state index contributed by atoms with van der Waals surface area (Å²) in [7, 11) is 0. The van der Waals surface area contributed by atoms with Gasteiger partial charge in [-0.25, -0.2) is 4.98 Å². The van der Waals surface area contributed by atoms with Crippen molar-refractivity contribution < 1.29 is 8.78 Å². The molecule has 2 rings (SSSR count). The van der Waals surface area contributed by atoms with Gasteiger partial charge in [-0.3, -0.25) is 4.40 Å². The van der Waals surface area contributed by atoms with Crippen LogP contribution in [0, 0.1) is 6.92 Å². The van der Waals surface area contributed by atoms with Crippen molar-refractivity contribution in [3.8, 4) is 0 Å². The number of rotatable bonds is 2. The Morgan fingerprint density at radius 3 is 2.65 bits per heavy atom. The zero-order chi connectivity index (χ0) is 13.0. The topological polar surface area (TPSA) is 17.3 Å². The minimum Gasteiger partial charge on any atom is -0.293 e. The molecule has 0 aliphatic rings. The fourth-order valence-electron chi connectivity index (χ4n) is 1.35. The zero-order valence-corrected chi connectivity index (χ0v) is 12.1. The molecule has 0 fully saturated rings. The molecule has 0 amide bonds. The van der Waals surface area contributed by atoms with E-state index >= 15 is 0 Å². The Hall–Kier alpha value is -0.620. The molecule has 0 aliphatic carbocycles. The molecular formula is C11H13BrF2N2S.